The summed E-state index contributed by atoms with van der Waals surface area (Å²) in [5.41, 5.74) is 2.56. The van der Waals surface area contributed by atoms with Crippen molar-refractivity contribution in [1.29, 1.82) is 0 Å². The van der Waals surface area contributed by atoms with E-state index in [1.165, 1.54) is 0 Å². The molecule has 0 spiro atoms. The summed E-state index contributed by atoms with van der Waals surface area (Å²) < 4.78 is 30.4. The van der Waals surface area contributed by atoms with E-state index in [1.54, 1.807) is 18.2 Å². The number of aromatic nitrogens is 2. The number of nitrogens with zero attached hydrogens (tertiary/aromatic N) is 2. The molecule has 3 rings (SSSR count). The SMILES string of the molecule is Cc1cccc(CS(=O)(=O)c2nnc(NC(=O)COc3ccccc3C)s2)c1. The molecular weight excluding hydrogens is 398 g/mol. The molecule has 1 heterocycles. The highest BCUT2D eigenvalue weighted by Gasteiger charge is 2.22. The zero-order chi connectivity index (χ0) is 20.1. The summed E-state index contributed by atoms with van der Waals surface area (Å²) in [5, 5.41) is 10.1. The van der Waals surface area contributed by atoms with Crippen molar-refractivity contribution in [3.05, 3.63) is 65.2 Å². The first-order valence-electron chi connectivity index (χ1n) is 8.43. The third-order valence-electron chi connectivity index (χ3n) is 3.81. The number of hydrogen-bond acceptors (Lipinski definition) is 7. The molecule has 0 bridgehead atoms. The highest BCUT2D eigenvalue weighted by Crippen LogP contribution is 2.24. The highest BCUT2D eigenvalue weighted by atomic mass is 32.2. The van der Waals surface area contributed by atoms with Gasteiger partial charge in [0.15, 0.2) is 6.61 Å². The Bertz CT molecular complexity index is 1090. The van der Waals surface area contributed by atoms with E-state index in [2.05, 4.69) is 15.5 Å². The lowest BCUT2D eigenvalue weighted by Gasteiger charge is -2.07. The van der Waals surface area contributed by atoms with Crippen molar-refractivity contribution < 1.29 is 17.9 Å². The molecule has 0 fully saturated rings. The second-order valence-corrected chi connectivity index (χ2v) is 9.36. The van der Waals surface area contributed by atoms with Crippen LogP contribution in [0.15, 0.2) is 52.9 Å². The van der Waals surface area contributed by atoms with Crippen molar-refractivity contribution >= 4 is 32.2 Å². The second-order valence-electron chi connectivity index (χ2n) is 6.22. The molecule has 0 saturated heterocycles. The number of amides is 1. The van der Waals surface area contributed by atoms with E-state index in [0.717, 1.165) is 22.5 Å². The van der Waals surface area contributed by atoms with Gasteiger partial charge >= 0.3 is 0 Å². The number of nitrogens with one attached hydrogen (secondary N) is 1. The van der Waals surface area contributed by atoms with Crippen LogP contribution < -0.4 is 10.1 Å². The monoisotopic (exact) mass is 417 g/mol. The van der Waals surface area contributed by atoms with Gasteiger partial charge in [-0.15, -0.1) is 10.2 Å². The number of rotatable bonds is 7. The molecule has 0 unspecified atom stereocenters. The van der Waals surface area contributed by atoms with E-state index in [9.17, 15) is 13.2 Å². The first-order valence-corrected chi connectivity index (χ1v) is 10.9. The van der Waals surface area contributed by atoms with Gasteiger partial charge in [0.05, 0.1) is 5.75 Å². The largest absolute Gasteiger partial charge is 0.483 e. The van der Waals surface area contributed by atoms with E-state index in [-0.39, 0.29) is 21.8 Å². The number of ether oxygens (including phenoxy) is 1. The normalized spacial score (nSPS) is 11.2. The summed E-state index contributed by atoms with van der Waals surface area (Å²) >= 11 is 0.819. The molecule has 3 aromatic rings. The fourth-order valence-electron chi connectivity index (χ4n) is 2.49. The Morgan fingerprint density at radius 3 is 2.64 bits per heavy atom. The zero-order valence-corrected chi connectivity index (χ0v) is 17.0. The predicted molar refractivity (Wildman–Crippen MR) is 107 cm³/mol. The van der Waals surface area contributed by atoms with Crippen molar-refractivity contribution in [2.45, 2.75) is 23.9 Å². The maximum Gasteiger partial charge on any atom is 0.264 e. The van der Waals surface area contributed by atoms with Crippen LogP contribution in [0.5, 0.6) is 5.75 Å². The van der Waals surface area contributed by atoms with Gasteiger partial charge in [0, 0.05) is 0 Å². The van der Waals surface area contributed by atoms with Crippen LogP contribution in [-0.2, 0) is 20.4 Å². The molecular formula is C19H19N3O4S2. The van der Waals surface area contributed by atoms with Gasteiger partial charge in [-0.2, -0.15) is 0 Å². The van der Waals surface area contributed by atoms with E-state index in [0.29, 0.717) is 11.3 Å². The number of para-hydroxylation sites is 1. The maximum absolute atomic E-state index is 12.5. The predicted octanol–water partition coefficient (Wildman–Crippen LogP) is 3.15. The molecule has 146 valence electrons. The molecule has 2 aromatic carbocycles. The second kappa shape index (κ2) is 8.49. The fraction of sp³-hybridized carbons (Fsp3) is 0.211. The van der Waals surface area contributed by atoms with Gasteiger partial charge in [0.25, 0.3) is 5.91 Å². The van der Waals surface area contributed by atoms with Gasteiger partial charge in [-0.25, -0.2) is 8.42 Å². The summed E-state index contributed by atoms with van der Waals surface area (Å²) in [4.78, 5) is 12.0. The molecule has 28 heavy (non-hydrogen) atoms. The first kappa shape index (κ1) is 20.0. The summed E-state index contributed by atoms with van der Waals surface area (Å²) in [6, 6.07) is 14.6. The van der Waals surface area contributed by atoms with Crippen molar-refractivity contribution in [2.75, 3.05) is 11.9 Å². The molecule has 1 amide bonds. The van der Waals surface area contributed by atoms with Gasteiger partial charge in [-0.3, -0.25) is 10.1 Å². The summed E-state index contributed by atoms with van der Waals surface area (Å²) in [6.07, 6.45) is 0. The minimum Gasteiger partial charge on any atom is -0.483 e. The topological polar surface area (TPSA) is 98.3 Å². The number of hydrogen-bond donors (Lipinski definition) is 1. The summed E-state index contributed by atoms with van der Waals surface area (Å²) in [5.74, 6) is -0.00780. The number of carbonyl (C=O) groups is 1. The molecule has 0 radical (unpaired) electrons. The molecule has 0 aliphatic carbocycles. The lowest BCUT2D eigenvalue weighted by atomic mass is 10.2. The Morgan fingerprint density at radius 2 is 1.89 bits per heavy atom. The van der Waals surface area contributed by atoms with E-state index < -0.39 is 15.7 Å². The van der Waals surface area contributed by atoms with E-state index in [1.807, 2.05) is 44.2 Å². The van der Waals surface area contributed by atoms with E-state index in [4.69, 9.17) is 4.74 Å². The van der Waals surface area contributed by atoms with Crippen molar-refractivity contribution in [1.82, 2.24) is 10.2 Å². The van der Waals surface area contributed by atoms with Crippen LogP contribution in [-0.4, -0.2) is 31.1 Å². The Labute approximate surface area is 167 Å². The van der Waals surface area contributed by atoms with E-state index >= 15 is 0 Å². The molecule has 1 N–H and O–H groups in total. The van der Waals surface area contributed by atoms with Crippen molar-refractivity contribution in [2.24, 2.45) is 0 Å². The molecule has 9 heteroatoms. The number of benzene rings is 2. The number of anilines is 1. The van der Waals surface area contributed by atoms with Crippen LogP contribution in [0.2, 0.25) is 0 Å². The number of carbonyl (C=O) groups excluding carboxylic acids is 1. The number of sulfone groups is 1. The zero-order valence-electron chi connectivity index (χ0n) is 15.4. The van der Waals surface area contributed by atoms with Crippen LogP contribution >= 0.6 is 11.3 Å². The minimum absolute atomic E-state index is 0.112. The van der Waals surface area contributed by atoms with Crippen LogP contribution in [0, 0.1) is 13.8 Å². The molecule has 7 nitrogen and oxygen atoms in total. The molecule has 0 aliphatic rings. The first-order chi connectivity index (χ1) is 13.3. The third-order valence-corrected chi connectivity index (χ3v) is 6.78. The maximum atomic E-state index is 12.5. The van der Waals surface area contributed by atoms with Crippen LogP contribution in [0.25, 0.3) is 0 Å². The molecule has 0 saturated carbocycles. The van der Waals surface area contributed by atoms with Crippen molar-refractivity contribution in [3.8, 4) is 5.75 Å². The van der Waals surface area contributed by atoms with Crippen LogP contribution in [0.3, 0.4) is 0 Å². The summed E-state index contributed by atoms with van der Waals surface area (Å²) in [7, 11) is -3.64. The van der Waals surface area contributed by atoms with Gasteiger partial charge in [-0.1, -0.05) is 59.4 Å². The Morgan fingerprint density at radius 1 is 1.11 bits per heavy atom. The standard InChI is InChI=1S/C19H19N3O4S2/c1-13-6-5-8-15(10-13)12-28(24,25)19-22-21-18(27-19)20-17(23)11-26-16-9-4-3-7-14(16)2/h3-10H,11-12H2,1-2H3,(H,20,21,23). The lowest BCUT2D eigenvalue weighted by Crippen LogP contribution is -2.20. The summed E-state index contributed by atoms with van der Waals surface area (Å²) in [6.45, 7) is 3.56. The number of aryl methyl sites for hydroxylation is 2. The van der Waals surface area contributed by atoms with Gasteiger partial charge in [-0.05, 0) is 31.0 Å². The molecule has 1 aromatic heterocycles. The Balaban J connectivity index is 1.61. The minimum atomic E-state index is -3.64. The molecule has 0 aliphatic heterocycles. The third kappa shape index (κ3) is 5.14. The highest BCUT2D eigenvalue weighted by molar-refractivity contribution is 7.92. The quantitative estimate of drug-likeness (QED) is 0.593. The average molecular weight is 418 g/mol. The Hall–Kier alpha value is -2.78. The van der Waals surface area contributed by atoms with Crippen LogP contribution in [0.4, 0.5) is 5.13 Å². The Kier molecular flexibility index (Phi) is 6.05. The van der Waals surface area contributed by atoms with Gasteiger partial charge in [0.1, 0.15) is 5.75 Å². The van der Waals surface area contributed by atoms with Gasteiger partial charge in [0.2, 0.25) is 19.3 Å². The van der Waals surface area contributed by atoms with Gasteiger partial charge < -0.3 is 4.74 Å². The molecule has 0 atom stereocenters. The average Bonchev–Trinajstić information content (AvgIpc) is 3.10. The van der Waals surface area contributed by atoms with Crippen molar-refractivity contribution in [3.63, 3.8) is 0 Å². The lowest BCUT2D eigenvalue weighted by molar-refractivity contribution is -0.118. The fourth-order valence-corrected chi connectivity index (χ4v) is 4.81. The smallest absolute Gasteiger partial charge is 0.264 e. The van der Waals surface area contributed by atoms with Crippen LogP contribution in [0.1, 0.15) is 16.7 Å².